The number of pyridine rings is 1. The van der Waals surface area contributed by atoms with Crippen LogP contribution in [0.15, 0.2) is 144 Å². The Bertz CT molecular complexity index is 2680. The fraction of sp³-hybridized carbons (Fsp3) is 0.204. The van der Waals surface area contributed by atoms with Crippen molar-refractivity contribution in [2.45, 2.75) is 37.5 Å². The van der Waals surface area contributed by atoms with Crippen LogP contribution in [0.2, 0.25) is 0 Å². The molecule has 2 heteroatoms. The van der Waals surface area contributed by atoms with Crippen LogP contribution in [-0.2, 0) is 5.41 Å². The summed E-state index contributed by atoms with van der Waals surface area (Å²) < 4.78 is 6.34. The molecule has 4 bridgehead atoms. The second kappa shape index (κ2) is 10.3. The topological polar surface area (TPSA) is 26.0 Å². The second-order valence-corrected chi connectivity index (χ2v) is 15.9. The Kier molecular flexibility index (Phi) is 5.70. The van der Waals surface area contributed by atoms with Crippen LogP contribution in [0.3, 0.4) is 0 Å². The molecule has 0 amide bonds. The van der Waals surface area contributed by atoms with E-state index in [9.17, 15) is 0 Å². The predicted molar refractivity (Wildman–Crippen MR) is 209 cm³/mol. The molecule has 51 heavy (non-hydrogen) atoms. The monoisotopic (exact) mass is 655 g/mol. The number of benzene rings is 6. The number of aromatic nitrogens is 1. The van der Waals surface area contributed by atoms with E-state index in [0.29, 0.717) is 0 Å². The molecular formula is C49H37NO. The quantitative estimate of drug-likeness (QED) is 0.189. The first kappa shape index (κ1) is 28.3. The Labute approximate surface area is 297 Å². The summed E-state index contributed by atoms with van der Waals surface area (Å²) in [7, 11) is 0. The maximum Gasteiger partial charge on any atom is 0.136 e. The second-order valence-electron chi connectivity index (χ2n) is 15.9. The van der Waals surface area contributed by atoms with Gasteiger partial charge in [-0.3, -0.25) is 4.98 Å². The van der Waals surface area contributed by atoms with Crippen LogP contribution in [0.4, 0.5) is 0 Å². The van der Waals surface area contributed by atoms with Gasteiger partial charge in [-0.1, -0.05) is 97.1 Å². The Morgan fingerprint density at radius 2 is 1.10 bits per heavy atom. The van der Waals surface area contributed by atoms with Gasteiger partial charge < -0.3 is 4.42 Å². The first-order valence-electron chi connectivity index (χ1n) is 18.9. The van der Waals surface area contributed by atoms with Crippen molar-refractivity contribution in [1.29, 1.82) is 0 Å². The molecule has 2 heterocycles. The molecule has 4 saturated carbocycles. The van der Waals surface area contributed by atoms with Crippen molar-refractivity contribution in [3.8, 4) is 44.5 Å². The smallest absolute Gasteiger partial charge is 0.136 e. The predicted octanol–water partition coefficient (Wildman–Crippen LogP) is 12.9. The molecule has 0 unspecified atom stereocenters. The highest BCUT2D eigenvalue weighted by Gasteiger charge is 2.61. The molecule has 5 aliphatic carbocycles. The van der Waals surface area contributed by atoms with E-state index in [1.165, 1.54) is 92.8 Å². The van der Waals surface area contributed by atoms with Crippen molar-refractivity contribution < 1.29 is 4.42 Å². The molecule has 13 rings (SSSR count). The first-order valence-corrected chi connectivity index (χ1v) is 18.9. The molecule has 244 valence electrons. The van der Waals surface area contributed by atoms with Crippen LogP contribution in [0.25, 0.3) is 77.3 Å². The summed E-state index contributed by atoms with van der Waals surface area (Å²) in [4.78, 5) is 4.59. The van der Waals surface area contributed by atoms with Crippen LogP contribution in [0.5, 0.6) is 0 Å². The summed E-state index contributed by atoms with van der Waals surface area (Å²) in [6.07, 6.45) is 8.90. The van der Waals surface area contributed by atoms with Crippen LogP contribution >= 0.6 is 0 Å². The Hall–Kier alpha value is -5.47. The van der Waals surface area contributed by atoms with Gasteiger partial charge in [0.05, 0.1) is 5.52 Å². The van der Waals surface area contributed by atoms with Gasteiger partial charge in [0.25, 0.3) is 0 Å². The number of nitrogens with zero attached hydrogens (tertiary/aromatic N) is 1. The molecule has 0 atom stereocenters. The number of furan rings is 1. The molecule has 0 aliphatic heterocycles. The van der Waals surface area contributed by atoms with E-state index in [4.69, 9.17) is 4.42 Å². The molecule has 2 aromatic heterocycles. The number of para-hydroxylation sites is 1. The van der Waals surface area contributed by atoms with E-state index in [2.05, 4.69) is 132 Å². The fourth-order valence-electron chi connectivity index (χ4n) is 11.8. The molecule has 4 fully saturated rings. The lowest BCUT2D eigenvalue weighted by atomic mass is 9.43. The first-order chi connectivity index (χ1) is 25.2. The van der Waals surface area contributed by atoms with Gasteiger partial charge in [-0.2, -0.15) is 0 Å². The maximum absolute atomic E-state index is 6.34. The van der Waals surface area contributed by atoms with E-state index in [1.54, 1.807) is 11.1 Å². The van der Waals surface area contributed by atoms with Gasteiger partial charge in [0, 0.05) is 27.8 Å². The van der Waals surface area contributed by atoms with Gasteiger partial charge in [-0.15, -0.1) is 0 Å². The zero-order chi connectivity index (χ0) is 33.3. The van der Waals surface area contributed by atoms with Crippen molar-refractivity contribution in [1.82, 2.24) is 4.98 Å². The highest BCUT2D eigenvalue weighted by molar-refractivity contribution is 6.12. The van der Waals surface area contributed by atoms with Crippen molar-refractivity contribution in [2.24, 2.45) is 23.7 Å². The van der Waals surface area contributed by atoms with Gasteiger partial charge in [-0.05, 0) is 148 Å². The molecule has 1 spiro atoms. The van der Waals surface area contributed by atoms with Crippen LogP contribution in [-0.4, -0.2) is 4.98 Å². The Morgan fingerprint density at radius 3 is 1.90 bits per heavy atom. The summed E-state index contributed by atoms with van der Waals surface area (Å²) >= 11 is 0. The van der Waals surface area contributed by atoms with Crippen molar-refractivity contribution in [3.63, 3.8) is 0 Å². The minimum absolute atomic E-state index is 0.135. The standard InChI is InChI=1S/C49H37NO/c1-2-11-46-40(6-1)48-38(8-4-12-47(48)51-46)34-18-20-44-42(28-34)41-27-33(17-19-43(41)49(44)35-23-29-22-30(25-35)26-36(49)24-29)31-13-15-32(16-14-31)37-7-3-10-45-39(37)9-5-21-50-45/h1-21,27-30,35-36H,22-26H2. The Balaban J connectivity index is 1.03. The molecule has 8 aromatic rings. The van der Waals surface area contributed by atoms with E-state index < -0.39 is 0 Å². The zero-order valence-electron chi connectivity index (χ0n) is 28.5. The molecule has 5 aliphatic rings. The molecule has 6 aromatic carbocycles. The lowest BCUT2D eigenvalue weighted by molar-refractivity contribution is -0.0399. The lowest BCUT2D eigenvalue weighted by Crippen LogP contribution is -2.55. The number of hydrogen-bond acceptors (Lipinski definition) is 2. The SMILES string of the molecule is c1cc(-c2ccc(-c3ccc4c(c3)-c3cc(-c5cccc6oc7ccccc7c56)ccc3C43C4CC5CC(C4)CC3C5)cc2)c2cccnc2c1. The van der Waals surface area contributed by atoms with E-state index in [1.807, 2.05) is 12.3 Å². The number of hydrogen-bond donors (Lipinski definition) is 0. The highest BCUT2D eigenvalue weighted by atomic mass is 16.3. The van der Waals surface area contributed by atoms with Gasteiger partial charge in [-0.25, -0.2) is 0 Å². The van der Waals surface area contributed by atoms with Gasteiger partial charge in [0.2, 0.25) is 0 Å². The van der Waals surface area contributed by atoms with Crippen LogP contribution < -0.4 is 0 Å². The van der Waals surface area contributed by atoms with Gasteiger partial charge in [0.1, 0.15) is 11.2 Å². The van der Waals surface area contributed by atoms with Gasteiger partial charge in [0.15, 0.2) is 0 Å². The third-order valence-electron chi connectivity index (χ3n) is 13.5. The summed E-state index contributed by atoms with van der Waals surface area (Å²) in [6, 6.07) is 49.8. The van der Waals surface area contributed by atoms with E-state index in [-0.39, 0.29) is 5.41 Å². The lowest BCUT2D eigenvalue weighted by Gasteiger charge is -2.61. The normalized spacial score (nSPS) is 24.2. The Morgan fingerprint density at radius 1 is 0.471 bits per heavy atom. The van der Waals surface area contributed by atoms with Crippen molar-refractivity contribution >= 4 is 32.8 Å². The molecule has 0 saturated heterocycles. The molecular weight excluding hydrogens is 619 g/mol. The summed E-state index contributed by atoms with van der Waals surface area (Å²) in [5.41, 5.74) is 16.7. The summed E-state index contributed by atoms with van der Waals surface area (Å²) in [5, 5.41) is 3.59. The third-order valence-corrected chi connectivity index (χ3v) is 13.5. The summed E-state index contributed by atoms with van der Waals surface area (Å²) in [5.74, 6) is 3.32. The van der Waals surface area contributed by atoms with Crippen LogP contribution in [0.1, 0.15) is 43.2 Å². The van der Waals surface area contributed by atoms with Crippen molar-refractivity contribution in [3.05, 3.63) is 151 Å². The average Bonchev–Trinajstić information content (AvgIpc) is 3.70. The van der Waals surface area contributed by atoms with Crippen molar-refractivity contribution in [2.75, 3.05) is 0 Å². The molecule has 0 N–H and O–H groups in total. The van der Waals surface area contributed by atoms with E-state index >= 15 is 0 Å². The summed E-state index contributed by atoms with van der Waals surface area (Å²) in [6.45, 7) is 0. The minimum atomic E-state index is 0.135. The third kappa shape index (κ3) is 3.86. The largest absolute Gasteiger partial charge is 0.456 e. The number of rotatable bonds is 3. The zero-order valence-corrected chi connectivity index (χ0v) is 28.5. The average molecular weight is 656 g/mol. The van der Waals surface area contributed by atoms with E-state index in [0.717, 1.165) is 40.4 Å². The van der Waals surface area contributed by atoms with Gasteiger partial charge >= 0.3 is 0 Å². The molecule has 0 radical (unpaired) electrons. The minimum Gasteiger partial charge on any atom is -0.456 e. The maximum atomic E-state index is 6.34. The fourth-order valence-corrected chi connectivity index (χ4v) is 11.8. The number of fused-ring (bicyclic) bond motifs is 7. The highest BCUT2D eigenvalue weighted by Crippen LogP contribution is 2.69. The molecule has 2 nitrogen and oxygen atoms in total. The van der Waals surface area contributed by atoms with Crippen LogP contribution in [0, 0.1) is 23.7 Å².